The highest BCUT2D eigenvalue weighted by molar-refractivity contribution is 5.69. The number of esters is 1. The third-order valence-corrected chi connectivity index (χ3v) is 2.40. The predicted molar refractivity (Wildman–Crippen MR) is 91.1 cm³/mol. The van der Waals surface area contributed by atoms with E-state index in [9.17, 15) is 4.79 Å². The first-order valence-electron chi connectivity index (χ1n) is 7.50. The molecule has 0 aliphatic heterocycles. The second kappa shape index (κ2) is 14.7. The van der Waals surface area contributed by atoms with Gasteiger partial charge < -0.3 is 14.9 Å². The van der Waals surface area contributed by atoms with Crippen LogP contribution in [0.1, 0.15) is 26.7 Å². The third-order valence-electron chi connectivity index (χ3n) is 2.40. The number of hydrogen-bond donors (Lipinski definition) is 2. The van der Waals surface area contributed by atoms with Crippen LogP contribution in [-0.4, -0.2) is 35.5 Å². The Labute approximate surface area is 138 Å². The first-order chi connectivity index (χ1) is 11.1. The minimum absolute atomic E-state index is 0.0381. The molecule has 0 aromatic rings. The van der Waals surface area contributed by atoms with Crippen molar-refractivity contribution in [1.29, 1.82) is 0 Å². The average Bonchev–Trinajstić information content (AvgIpc) is 2.48. The fourth-order valence-corrected chi connectivity index (χ4v) is 1.43. The first kappa shape index (κ1) is 20.7. The second-order valence-corrected chi connectivity index (χ2v) is 5.01. The highest BCUT2D eigenvalue weighted by Crippen LogP contribution is 2.07. The molecule has 0 heterocycles. The average molecular weight is 316 g/mol. The van der Waals surface area contributed by atoms with Gasteiger partial charge in [-0.2, -0.15) is 0 Å². The molecule has 4 heteroatoms. The van der Waals surface area contributed by atoms with Gasteiger partial charge in [-0.1, -0.05) is 43.9 Å². The second-order valence-electron chi connectivity index (χ2n) is 5.01. The van der Waals surface area contributed by atoms with Gasteiger partial charge in [0.25, 0.3) is 0 Å². The van der Waals surface area contributed by atoms with Crippen LogP contribution in [0.2, 0.25) is 0 Å². The zero-order valence-corrected chi connectivity index (χ0v) is 13.7. The molecule has 4 nitrogen and oxygen atoms in total. The maximum Gasteiger partial charge on any atom is 0.306 e. The molecule has 124 valence electrons. The lowest BCUT2D eigenvalue weighted by Crippen LogP contribution is -2.18. The van der Waals surface area contributed by atoms with E-state index >= 15 is 0 Å². The van der Waals surface area contributed by atoms with E-state index in [2.05, 4.69) is 23.7 Å². The summed E-state index contributed by atoms with van der Waals surface area (Å²) in [5.74, 6) is 10.6. The molecule has 0 aromatic heterocycles. The third kappa shape index (κ3) is 14.4. The number of carbonyl (C=O) groups excluding carboxylic acids is 1. The fraction of sp³-hybridized carbons (Fsp3) is 0.421. The Morgan fingerprint density at radius 1 is 1.13 bits per heavy atom. The molecule has 0 aliphatic carbocycles. The number of carbonyl (C=O) groups is 1. The minimum atomic E-state index is -0.438. The largest absolute Gasteiger partial charge is 0.458 e. The molecule has 0 aliphatic rings. The zero-order valence-electron chi connectivity index (χ0n) is 13.7. The summed E-state index contributed by atoms with van der Waals surface area (Å²) >= 11 is 0. The lowest BCUT2D eigenvalue weighted by molar-refractivity contribution is -0.148. The van der Waals surface area contributed by atoms with E-state index in [4.69, 9.17) is 14.9 Å². The molecular formula is C19H24O4. The van der Waals surface area contributed by atoms with E-state index in [0.717, 1.165) is 0 Å². The fourth-order valence-electron chi connectivity index (χ4n) is 1.43. The van der Waals surface area contributed by atoms with Crippen LogP contribution in [0.3, 0.4) is 0 Å². The maximum atomic E-state index is 11.6. The molecule has 0 spiro atoms. The lowest BCUT2D eigenvalue weighted by Gasteiger charge is -2.13. The number of allylic oxidation sites excluding steroid dienone is 4. The number of aliphatic hydroxyl groups excluding tert-OH is 2. The van der Waals surface area contributed by atoms with Gasteiger partial charge in [-0.3, -0.25) is 4.79 Å². The van der Waals surface area contributed by atoms with Crippen molar-refractivity contribution >= 4 is 5.97 Å². The Hall–Kier alpha value is -2.27. The van der Waals surface area contributed by atoms with Gasteiger partial charge in [0.2, 0.25) is 0 Å². The van der Waals surface area contributed by atoms with Crippen LogP contribution in [-0.2, 0) is 9.53 Å². The van der Waals surface area contributed by atoms with Crippen LogP contribution >= 0.6 is 0 Å². The number of ether oxygens (including phenoxy) is 1. The van der Waals surface area contributed by atoms with Crippen molar-refractivity contribution in [2.45, 2.75) is 32.8 Å². The Bertz CT molecular complexity index is 533. The van der Waals surface area contributed by atoms with Gasteiger partial charge in [-0.25, -0.2) is 0 Å². The Morgan fingerprint density at radius 3 is 2.43 bits per heavy atom. The van der Waals surface area contributed by atoms with Crippen molar-refractivity contribution < 1.29 is 19.7 Å². The number of rotatable bonds is 8. The van der Waals surface area contributed by atoms with E-state index in [1.165, 1.54) is 12.2 Å². The van der Waals surface area contributed by atoms with E-state index < -0.39 is 6.10 Å². The highest BCUT2D eigenvalue weighted by Gasteiger charge is 2.12. The molecule has 0 amide bonds. The van der Waals surface area contributed by atoms with Crippen molar-refractivity contribution in [3.8, 4) is 23.7 Å². The van der Waals surface area contributed by atoms with E-state index in [1.807, 2.05) is 13.8 Å². The molecule has 0 fully saturated rings. The van der Waals surface area contributed by atoms with Gasteiger partial charge in [-0.15, -0.1) is 0 Å². The normalized spacial score (nSPS) is 12.2. The van der Waals surface area contributed by atoms with Crippen molar-refractivity contribution in [2.75, 3.05) is 13.2 Å². The van der Waals surface area contributed by atoms with Crippen LogP contribution in [0.5, 0.6) is 0 Å². The van der Waals surface area contributed by atoms with Gasteiger partial charge in [0.05, 0.1) is 6.61 Å². The smallest absolute Gasteiger partial charge is 0.306 e. The molecule has 0 saturated carbocycles. The van der Waals surface area contributed by atoms with Crippen LogP contribution < -0.4 is 0 Å². The molecule has 0 radical (unpaired) electrons. The molecular weight excluding hydrogens is 292 g/mol. The van der Waals surface area contributed by atoms with Gasteiger partial charge in [0.1, 0.15) is 6.10 Å². The van der Waals surface area contributed by atoms with Crippen LogP contribution in [0.4, 0.5) is 0 Å². The van der Waals surface area contributed by atoms with Crippen LogP contribution in [0.15, 0.2) is 36.5 Å². The Balaban J connectivity index is 4.36. The van der Waals surface area contributed by atoms with E-state index in [0.29, 0.717) is 12.8 Å². The summed E-state index contributed by atoms with van der Waals surface area (Å²) < 4.78 is 5.28. The van der Waals surface area contributed by atoms with Gasteiger partial charge >= 0.3 is 5.97 Å². The Morgan fingerprint density at radius 2 is 1.83 bits per heavy atom. The standard InChI is InChI=1S/C19H24O4/c1-17(2)16-19(22)23-18(13-15-21)12-10-8-6-4-3-5-7-9-11-14-20/h6,8-12,17-18,20-21H,13-16H2,1-2H3. The first-order valence-corrected chi connectivity index (χ1v) is 7.50. The molecule has 0 rings (SSSR count). The number of hydrogen-bond acceptors (Lipinski definition) is 4. The number of aliphatic hydroxyl groups is 2. The summed E-state index contributed by atoms with van der Waals surface area (Å²) in [6.07, 6.45) is 10.1. The van der Waals surface area contributed by atoms with Crippen molar-refractivity contribution in [3.63, 3.8) is 0 Å². The van der Waals surface area contributed by atoms with E-state index in [-0.39, 0.29) is 25.1 Å². The van der Waals surface area contributed by atoms with Crippen molar-refractivity contribution in [3.05, 3.63) is 36.5 Å². The summed E-state index contributed by atoms with van der Waals surface area (Å²) in [7, 11) is 0. The van der Waals surface area contributed by atoms with Crippen molar-refractivity contribution in [2.24, 2.45) is 5.92 Å². The topological polar surface area (TPSA) is 66.8 Å². The molecule has 2 N–H and O–H groups in total. The summed E-state index contributed by atoms with van der Waals surface area (Å²) in [5.41, 5.74) is 0. The zero-order chi connectivity index (χ0) is 17.3. The molecule has 0 saturated heterocycles. The minimum Gasteiger partial charge on any atom is -0.458 e. The molecule has 23 heavy (non-hydrogen) atoms. The van der Waals surface area contributed by atoms with Gasteiger partial charge in [-0.05, 0) is 36.0 Å². The Kier molecular flexibility index (Phi) is 13.2. The summed E-state index contributed by atoms with van der Waals surface area (Å²) in [5, 5.41) is 17.5. The summed E-state index contributed by atoms with van der Waals surface area (Å²) in [4.78, 5) is 11.6. The molecule has 1 unspecified atom stereocenters. The molecule has 0 bridgehead atoms. The van der Waals surface area contributed by atoms with E-state index in [1.54, 1.807) is 24.3 Å². The van der Waals surface area contributed by atoms with Gasteiger partial charge in [0, 0.05) is 19.4 Å². The maximum absolute atomic E-state index is 11.6. The molecule has 1 atom stereocenters. The SMILES string of the molecule is CC(C)CC(=O)OC(C=CC=CC#CC#CC=CCO)CCO. The van der Waals surface area contributed by atoms with Crippen LogP contribution in [0.25, 0.3) is 0 Å². The van der Waals surface area contributed by atoms with Crippen LogP contribution in [0, 0.1) is 29.6 Å². The summed E-state index contributed by atoms with van der Waals surface area (Å²) in [6.45, 7) is 3.80. The predicted octanol–water partition coefficient (Wildman–Crippen LogP) is 1.99. The molecule has 0 aromatic carbocycles. The lowest BCUT2D eigenvalue weighted by atomic mass is 10.1. The van der Waals surface area contributed by atoms with Crippen molar-refractivity contribution in [1.82, 2.24) is 0 Å². The van der Waals surface area contributed by atoms with Gasteiger partial charge in [0.15, 0.2) is 0 Å². The highest BCUT2D eigenvalue weighted by atomic mass is 16.5. The monoisotopic (exact) mass is 316 g/mol. The summed E-state index contributed by atoms with van der Waals surface area (Å²) in [6, 6.07) is 0. The quantitative estimate of drug-likeness (QED) is 0.408.